The molecule has 3 amide bonds. The number of aliphatic imine (C=N–C) groups is 2. The monoisotopic (exact) mass is 445 g/mol. The lowest BCUT2D eigenvalue weighted by molar-refractivity contribution is -0.407. The number of amidine groups is 2. The standard InChI is InChI=1S/C21H22ClN4O3S/c1-25-18-16(20(28)26(2)21(25)29)19(24-17(23-18)13-5-3-4-6-13)30-11-15(27)12-7-9-14(22)10-8-12/h7-10,13,16H,3-6,11H2,1-2H3/q+1. The molecule has 1 aromatic carbocycles. The summed E-state index contributed by atoms with van der Waals surface area (Å²) in [6.07, 6.45) is 4.22. The van der Waals surface area contributed by atoms with Gasteiger partial charge in [0.05, 0.1) is 19.8 Å². The van der Waals surface area contributed by atoms with Gasteiger partial charge in [-0.25, -0.2) is 9.79 Å². The van der Waals surface area contributed by atoms with Crippen molar-refractivity contribution >= 4 is 57.8 Å². The van der Waals surface area contributed by atoms with Crippen molar-refractivity contribution in [2.24, 2.45) is 21.8 Å². The van der Waals surface area contributed by atoms with E-state index in [0.29, 0.717) is 27.3 Å². The minimum Gasteiger partial charge on any atom is -0.293 e. The molecule has 0 aromatic heterocycles. The molecule has 0 spiro atoms. The first kappa shape index (κ1) is 20.9. The van der Waals surface area contributed by atoms with E-state index < -0.39 is 11.9 Å². The Kier molecular flexibility index (Phi) is 5.88. The van der Waals surface area contributed by atoms with Gasteiger partial charge in [-0.1, -0.05) is 29.4 Å². The van der Waals surface area contributed by atoms with Crippen molar-refractivity contribution in [3.63, 3.8) is 0 Å². The number of fused-ring (bicyclic) bond motifs is 1. The highest BCUT2D eigenvalue weighted by molar-refractivity contribution is 8.14. The molecule has 0 bridgehead atoms. The van der Waals surface area contributed by atoms with Crippen LogP contribution in [0.4, 0.5) is 4.79 Å². The molecule has 0 N–H and O–H groups in total. The topological polar surface area (TPSA) is 82.2 Å². The van der Waals surface area contributed by atoms with Gasteiger partial charge in [0, 0.05) is 16.5 Å². The van der Waals surface area contributed by atoms with Gasteiger partial charge in [-0.3, -0.25) is 9.59 Å². The van der Waals surface area contributed by atoms with E-state index in [2.05, 4.69) is 4.99 Å². The molecule has 156 valence electrons. The Balaban J connectivity index is 1.64. The maximum atomic E-state index is 12.9. The van der Waals surface area contributed by atoms with Crippen LogP contribution in [0.2, 0.25) is 5.02 Å². The molecule has 2 heterocycles. The summed E-state index contributed by atoms with van der Waals surface area (Å²) >= 11 is 7.14. The molecule has 1 atom stereocenters. The second kappa shape index (κ2) is 8.43. The van der Waals surface area contributed by atoms with Crippen molar-refractivity contribution < 1.29 is 19.0 Å². The van der Waals surface area contributed by atoms with E-state index in [0.717, 1.165) is 30.6 Å². The van der Waals surface area contributed by atoms with Gasteiger partial charge in [0.1, 0.15) is 5.04 Å². The number of rotatable bonds is 4. The number of amides is 3. The molecule has 1 unspecified atom stereocenters. The Bertz CT molecular complexity index is 1010. The van der Waals surface area contributed by atoms with Gasteiger partial charge in [-0.15, -0.1) is 11.8 Å². The number of hydrogen-bond acceptors (Lipinski definition) is 6. The van der Waals surface area contributed by atoms with Crippen molar-refractivity contribution in [2.45, 2.75) is 25.7 Å². The molecule has 3 aliphatic rings. The lowest BCUT2D eigenvalue weighted by atomic mass is 10.0. The fourth-order valence-corrected chi connectivity index (χ4v) is 5.03. The van der Waals surface area contributed by atoms with Crippen LogP contribution >= 0.6 is 23.4 Å². The average Bonchev–Trinajstić information content (AvgIpc) is 3.29. The van der Waals surface area contributed by atoms with E-state index >= 15 is 0 Å². The number of urea groups is 1. The number of imide groups is 1. The summed E-state index contributed by atoms with van der Waals surface area (Å²) < 4.78 is 1.41. The Morgan fingerprint density at radius 1 is 1.20 bits per heavy atom. The van der Waals surface area contributed by atoms with Gasteiger partial charge in [0.25, 0.3) is 5.84 Å². The maximum Gasteiger partial charge on any atom is 0.445 e. The van der Waals surface area contributed by atoms with Crippen LogP contribution in [0.3, 0.4) is 0 Å². The molecular weight excluding hydrogens is 424 g/mol. The largest absolute Gasteiger partial charge is 0.445 e. The maximum absolute atomic E-state index is 12.9. The Labute approximate surface area is 183 Å². The van der Waals surface area contributed by atoms with Gasteiger partial charge >= 0.3 is 11.9 Å². The molecule has 2 aliphatic heterocycles. The van der Waals surface area contributed by atoms with Crippen molar-refractivity contribution in [3.05, 3.63) is 34.9 Å². The summed E-state index contributed by atoms with van der Waals surface area (Å²) in [6, 6.07) is 6.30. The third-order valence-electron chi connectivity index (χ3n) is 5.69. The second-order valence-corrected chi connectivity index (χ2v) is 9.08. The molecule has 1 aliphatic carbocycles. The number of hydrogen-bond donors (Lipinski definition) is 0. The third kappa shape index (κ3) is 3.86. The number of ketones is 1. The number of nitrogens with zero attached hydrogens (tertiary/aromatic N) is 4. The SMILES string of the molecule is CN1C(=O)C2C(SCC(=O)c3ccc(Cl)cc3)=NC(C3CCCC3)=NC2=[N+](C)C1=O. The van der Waals surface area contributed by atoms with Crippen molar-refractivity contribution in [1.82, 2.24) is 4.90 Å². The quantitative estimate of drug-likeness (QED) is 0.524. The first-order chi connectivity index (χ1) is 14.4. The smallest absolute Gasteiger partial charge is 0.293 e. The van der Waals surface area contributed by atoms with E-state index in [1.165, 1.54) is 23.4 Å². The summed E-state index contributed by atoms with van der Waals surface area (Å²) in [5, 5.41) is 1.09. The van der Waals surface area contributed by atoms with Gasteiger partial charge in [-0.2, -0.15) is 9.48 Å². The van der Waals surface area contributed by atoms with Crippen LogP contribution in [0, 0.1) is 11.8 Å². The Morgan fingerprint density at radius 3 is 2.53 bits per heavy atom. The van der Waals surface area contributed by atoms with Gasteiger partial charge in [-0.05, 0) is 37.1 Å². The summed E-state index contributed by atoms with van der Waals surface area (Å²) in [7, 11) is 3.07. The fraction of sp³-hybridized carbons (Fsp3) is 0.429. The van der Waals surface area contributed by atoms with E-state index in [-0.39, 0.29) is 23.4 Å². The second-order valence-electron chi connectivity index (χ2n) is 7.65. The van der Waals surface area contributed by atoms with E-state index in [1.54, 1.807) is 31.3 Å². The highest BCUT2D eigenvalue weighted by Crippen LogP contribution is 2.32. The zero-order valence-electron chi connectivity index (χ0n) is 16.8. The zero-order valence-corrected chi connectivity index (χ0v) is 18.4. The minimum absolute atomic E-state index is 0.0770. The van der Waals surface area contributed by atoms with Gasteiger partial charge in [0.2, 0.25) is 5.84 Å². The molecule has 0 radical (unpaired) electrons. The van der Waals surface area contributed by atoms with Gasteiger partial charge < -0.3 is 0 Å². The highest BCUT2D eigenvalue weighted by atomic mass is 35.5. The van der Waals surface area contributed by atoms with Crippen LogP contribution in [0.5, 0.6) is 0 Å². The molecule has 7 nitrogen and oxygen atoms in total. The molecule has 1 aromatic rings. The molecule has 1 saturated carbocycles. The van der Waals surface area contributed by atoms with Crippen LogP contribution < -0.4 is 0 Å². The number of Topliss-reactive ketones (excluding diaryl/α,β-unsaturated/α-hetero) is 1. The van der Waals surface area contributed by atoms with E-state index in [1.807, 2.05) is 0 Å². The number of thioether (sulfide) groups is 1. The van der Waals surface area contributed by atoms with E-state index in [4.69, 9.17) is 16.6 Å². The normalized spacial score (nSPS) is 22.2. The van der Waals surface area contributed by atoms with Crippen molar-refractivity contribution in [1.29, 1.82) is 0 Å². The van der Waals surface area contributed by atoms with Crippen LogP contribution in [0.1, 0.15) is 36.0 Å². The third-order valence-corrected chi connectivity index (χ3v) is 6.97. The van der Waals surface area contributed by atoms with Crippen LogP contribution in [-0.2, 0) is 4.79 Å². The predicted octanol–water partition coefficient (Wildman–Crippen LogP) is 3.51. The van der Waals surface area contributed by atoms with E-state index in [9.17, 15) is 14.4 Å². The summed E-state index contributed by atoms with van der Waals surface area (Å²) in [6.45, 7) is 0. The molecular formula is C21H22ClN4O3S+. The lowest BCUT2D eigenvalue weighted by Crippen LogP contribution is -2.55. The predicted molar refractivity (Wildman–Crippen MR) is 118 cm³/mol. The highest BCUT2D eigenvalue weighted by Gasteiger charge is 2.49. The average molecular weight is 446 g/mol. The molecule has 0 saturated heterocycles. The van der Waals surface area contributed by atoms with Crippen molar-refractivity contribution in [3.8, 4) is 0 Å². The van der Waals surface area contributed by atoms with Crippen LogP contribution in [-0.4, -0.2) is 63.8 Å². The van der Waals surface area contributed by atoms with Gasteiger partial charge in [0.15, 0.2) is 11.7 Å². The minimum atomic E-state index is -0.758. The van der Waals surface area contributed by atoms with Crippen LogP contribution in [0.25, 0.3) is 0 Å². The Morgan fingerprint density at radius 2 is 1.87 bits per heavy atom. The fourth-order valence-electron chi connectivity index (χ4n) is 3.93. The van der Waals surface area contributed by atoms with Crippen LogP contribution in [0.15, 0.2) is 34.3 Å². The first-order valence-corrected chi connectivity index (χ1v) is 11.2. The molecule has 30 heavy (non-hydrogen) atoms. The number of benzene rings is 1. The number of carbonyl (C=O) groups excluding carboxylic acids is 3. The molecule has 1 fully saturated rings. The number of halogens is 1. The van der Waals surface area contributed by atoms with Crippen molar-refractivity contribution in [2.75, 3.05) is 19.8 Å². The number of carbonyl (C=O) groups is 3. The Hall–Kier alpha value is -2.32. The summed E-state index contributed by atoms with van der Waals surface area (Å²) in [5.74, 6) is 0.222. The summed E-state index contributed by atoms with van der Waals surface area (Å²) in [4.78, 5) is 48.4. The first-order valence-electron chi connectivity index (χ1n) is 9.87. The summed E-state index contributed by atoms with van der Waals surface area (Å²) in [5.41, 5.74) is 0.552. The zero-order chi connectivity index (χ0) is 21.4. The molecule has 9 heteroatoms. The molecule has 4 rings (SSSR count). The lowest BCUT2D eigenvalue weighted by Gasteiger charge is -2.27.